The van der Waals surface area contributed by atoms with Gasteiger partial charge in [-0.25, -0.2) is 9.79 Å². The quantitative estimate of drug-likeness (QED) is 0.658. The molecule has 0 bridgehead atoms. The van der Waals surface area contributed by atoms with Gasteiger partial charge in [-0.1, -0.05) is 31.7 Å². The SMILES string of the molecule is COC(=O)C1=C(C)N=C2SCCC(=O)N2C1c1ccc(OCC(C)C)c(OC)c1. The Morgan fingerprint density at radius 3 is 2.72 bits per heavy atom. The van der Waals surface area contributed by atoms with E-state index in [4.69, 9.17) is 14.2 Å². The highest BCUT2D eigenvalue weighted by Crippen LogP contribution is 2.42. The van der Waals surface area contributed by atoms with Crippen LogP contribution < -0.4 is 9.47 Å². The van der Waals surface area contributed by atoms with Crippen LogP contribution in [0.3, 0.4) is 0 Å². The van der Waals surface area contributed by atoms with Gasteiger partial charge in [0.15, 0.2) is 16.7 Å². The van der Waals surface area contributed by atoms with E-state index in [9.17, 15) is 9.59 Å². The van der Waals surface area contributed by atoms with Crippen LogP contribution in [0.25, 0.3) is 0 Å². The zero-order valence-electron chi connectivity index (χ0n) is 17.4. The number of aliphatic imine (C=N–C) groups is 1. The number of carbonyl (C=O) groups excluding carboxylic acids is 2. The number of nitrogens with zero attached hydrogens (tertiary/aromatic N) is 2. The first-order valence-corrected chi connectivity index (χ1v) is 10.5. The fourth-order valence-corrected chi connectivity index (χ4v) is 4.32. The first-order valence-electron chi connectivity index (χ1n) is 9.50. The lowest BCUT2D eigenvalue weighted by Gasteiger charge is -2.38. The van der Waals surface area contributed by atoms with Crippen molar-refractivity contribution >= 4 is 28.8 Å². The van der Waals surface area contributed by atoms with Crippen molar-refractivity contribution in [2.75, 3.05) is 26.6 Å². The number of thioether (sulfide) groups is 1. The van der Waals surface area contributed by atoms with Crippen LogP contribution in [0.4, 0.5) is 0 Å². The number of amides is 1. The molecule has 0 aliphatic carbocycles. The summed E-state index contributed by atoms with van der Waals surface area (Å²) in [7, 11) is 2.90. The molecule has 0 spiro atoms. The number of esters is 1. The van der Waals surface area contributed by atoms with E-state index in [2.05, 4.69) is 18.8 Å². The van der Waals surface area contributed by atoms with Gasteiger partial charge in [-0.2, -0.15) is 0 Å². The standard InChI is InChI=1S/C21H26N2O5S/c1-12(2)11-28-15-7-6-14(10-16(15)26-4)19-18(20(25)27-5)13(3)22-21-23(19)17(24)8-9-29-21/h6-7,10,12,19H,8-9,11H2,1-5H3. The van der Waals surface area contributed by atoms with E-state index < -0.39 is 12.0 Å². The molecule has 1 unspecified atom stereocenters. The molecular weight excluding hydrogens is 392 g/mol. The van der Waals surface area contributed by atoms with Crippen molar-refractivity contribution in [2.24, 2.45) is 10.9 Å². The van der Waals surface area contributed by atoms with Crippen molar-refractivity contribution in [2.45, 2.75) is 33.2 Å². The summed E-state index contributed by atoms with van der Waals surface area (Å²) in [5.41, 5.74) is 1.64. The fraction of sp³-hybridized carbons (Fsp3) is 0.476. The molecule has 2 heterocycles. The van der Waals surface area contributed by atoms with Crippen molar-refractivity contribution in [3.05, 3.63) is 35.0 Å². The average Bonchev–Trinajstić information content (AvgIpc) is 2.70. The van der Waals surface area contributed by atoms with Crippen LogP contribution in [0.1, 0.15) is 38.8 Å². The molecular formula is C21H26N2O5S. The highest BCUT2D eigenvalue weighted by Gasteiger charge is 2.41. The topological polar surface area (TPSA) is 77.4 Å². The summed E-state index contributed by atoms with van der Waals surface area (Å²) in [5, 5.41) is 0.607. The van der Waals surface area contributed by atoms with Gasteiger partial charge in [0.25, 0.3) is 0 Å². The molecule has 1 atom stereocenters. The van der Waals surface area contributed by atoms with Crippen molar-refractivity contribution < 1.29 is 23.8 Å². The van der Waals surface area contributed by atoms with E-state index in [1.165, 1.54) is 18.9 Å². The third-order valence-electron chi connectivity index (χ3n) is 4.69. The molecule has 1 saturated heterocycles. The highest BCUT2D eigenvalue weighted by atomic mass is 32.2. The van der Waals surface area contributed by atoms with Crippen LogP contribution in [0.15, 0.2) is 34.5 Å². The molecule has 1 amide bonds. The minimum Gasteiger partial charge on any atom is -0.493 e. The number of benzene rings is 1. The summed E-state index contributed by atoms with van der Waals surface area (Å²) in [5.74, 6) is 1.64. The zero-order valence-corrected chi connectivity index (χ0v) is 18.2. The van der Waals surface area contributed by atoms with Gasteiger partial charge in [0.2, 0.25) is 5.91 Å². The largest absolute Gasteiger partial charge is 0.493 e. The maximum Gasteiger partial charge on any atom is 0.338 e. The van der Waals surface area contributed by atoms with Crippen molar-refractivity contribution in [1.82, 2.24) is 4.90 Å². The lowest BCUT2D eigenvalue weighted by Crippen LogP contribution is -2.45. The summed E-state index contributed by atoms with van der Waals surface area (Å²) in [4.78, 5) is 31.5. The van der Waals surface area contributed by atoms with Crippen LogP contribution in [0.5, 0.6) is 11.5 Å². The molecule has 3 rings (SSSR count). The summed E-state index contributed by atoms with van der Waals surface area (Å²) < 4.78 is 16.4. The normalized spacial score (nSPS) is 19.1. The van der Waals surface area contributed by atoms with Gasteiger partial charge in [-0.15, -0.1) is 0 Å². The number of allylic oxidation sites excluding steroid dienone is 1. The first-order chi connectivity index (χ1) is 13.9. The van der Waals surface area contributed by atoms with Crippen molar-refractivity contribution in [3.63, 3.8) is 0 Å². The van der Waals surface area contributed by atoms with Gasteiger partial charge in [0, 0.05) is 12.2 Å². The Labute approximate surface area is 175 Å². The van der Waals surface area contributed by atoms with Crippen LogP contribution in [0.2, 0.25) is 0 Å². The second kappa shape index (κ2) is 8.90. The van der Waals surface area contributed by atoms with Crippen LogP contribution in [-0.2, 0) is 14.3 Å². The van der Waals surface area contributed by atoms with E-state index in [0.717, 1.165) is 5.56 Å². The van der Waals surface area contributed by atoms with Crippen LogP contribution in [-0.4, -0.2) is 48.5 Å². The number of hydrogen-bond acceptors (Lipinski definition) is 7. The number of ether oxygens (including phenoxy) is 3. The minimum atomic E-state index is -0.622. The predicted octanol–water partition coefficient (Wildman–Crippen LogP) is 3.55. The van der Waals surface area contributed by atoms with E-state index in [1.807, 2.05) is 18.2 Å². The van der Waals surface area contributed by atoms with Gasteiger partial charge in [-0.3, -0.25) is 9.69 Å². The molecule has 2 aliphatic rings. The predicted molar refractivity (Wildman–Crippen MR) is 112 cm³/mol. The second-order valence-corrected chi connectivity index (χ2v) is 8.33. The van der Waals surface area contributed by atoms with Gasteiger partial charge >= 0.3 is 5.97 Å². The third-order valence-corrected chi connectivity index (χ3v) is 5.64. The summed E-state index contributed by atoms with van der Waals surface area (Å²) in [6.07, 6.45) is 0.389. The summed E-state index contributed by atoms with van der Waals surface area (Å²) in [6, 6.07) is 4.86. The lowest BCUT2D eigenvalue weighted by atomic mass is 9.94. The van der Waals surface area contributed by atoms with E-state index in [-0.39, 0.29) is 5.91 Å². The molecule has 0 radical (unpaired) electrons. The molecule has 2 aliphatic heterocycles. The lowest BCUT2D eigenvalue weighted by molar-refractivity contribution is -0.137. The Kier molecular flexibility index (Phi) is 6.52. The molecule has 7 nitrogen and oxygen atoms in total. The smallest absolute Gasteiger partial charge is 0.338 e. The molecule has 29 heavy (non-hydrogen) atoms. The molecule has 156 valence electrons. The minimum absolute atomic E-state index is 0.0690. The second-order valence-electron chi connectivity index (χ2n) is 7.26. The van der Waals surface area contributed by atoms with Gasteiger partial charge in [0.05, 0.1) is 38.1 Å². The Hall–Kier alpha value is -2.48. The van der Waals surface area contributed by atoms with Crippen molar-refractivity contribution in [1.29, 1.82) is 0 Å². The molecule has 0 aromatic heterocycles. The number of amidine groups is 1. The van der Waals surface area contributed by atoms with E-state index >= 15 is 0 Å². The number of hydrogen-bond donors (Lipinski definition) is 0. The first kappa shape index (κ1) is 21.2. The summed E-state index contributed by atoms with van der Waals surface area (Å²) >= 11 is 1.51. The maximum atomic E-state index is 12.8. The third kappa shape index (κ3) is 4.27. The van der Waals surface area contributed by atoms with E-state index in [0.29, 0.717) is 52.6 Å². The summed E-state index contributed by atoms with van der Waals surface area (Å²) in [6.45, 7) is 6.46. The maximum absolute atomic E-state index is 12.8. The monoisotopic (exact) mass is 418 g/mol. The molecule has 0 N–H and O–H groups in total. The molecule has 0 saturated carbocycles. The number of rotatable bonds is 6. The van der Waals surface area contributed by atoms with Crippen LogP contribution >= 0.6 is 11.8 Å². The fourth-order valence-electron chi connectivity index (χ4n) is 3.31. The van der Waals surface area contributed by atoms with Gasteiger partial charge in [0.1, 0.15) is 0 Å². The molecule has 1 aromatic rings. The number of methoxy groups -OCH3 is 2. The van der Waals surface area contributed by atoms with E-state index in [1.54, 1.807) is 18.9 Å². The Balaban J connectivity index is 2.08. The number of fused-ring (bicyclic) bond motifs is 1. The Bertz CT molecular complexity index is 878. The zero-order chi connectivity index (χ0) is 21.1. The highest BCUT2D eigenvalue weighted by molar-refractivity contribution is 8.14. The Morgan fingerprint density at radius 1 is 1.31 bits per heavy atom. The van der Waals surface area contributed by atoms with Gasteiger partial charge in [-0.05, 0) is 30.5 Å². The van der Waals surface area contributed by atoms with Gasteiger partial charge < -0.3 is 14.2 Å². The average molecular weight is 419 g/mol. The van der Waals surface area contributed by atoms with Crippen LogP contribution in [0, 0.1) is 5.92 Å². The molecule has 1 fully saturated rings. The number of carbonyl (C=O) groups is 2. The molecule has 8 heteroatoms. The Morgan fingerprint density at radius 2 is 2.07 bits per heavy atom. The van der Waals surface area contributed by atoms with Crippen molar-refractivity contribution in [3.8, 4) is 11.5 Å². The molecule has 1 aromatic carbocycles.